The SMILES string of the molecule is CCN(CCC(N)(CO)c1ccccc1)CC1CCCO1. The molecule has 0 aromatic heterocycles. The van der Waals surface area contributed by atoms with E-state index in [1.54, 1.807) is 0 Å². The summed E-state index contributed by atoms with van der Waals surface area (Å²) >= 11 is 0. The van der Waals surface area contributed by atoms with Crippen molar-refractivity contribution in [2.75, 3.05) is 32.8 Å². The molecule has 2 atom stereocenters. The van der Waals surface area contributed by atoms with E-state index < -0.39 is 5.54 Å². The van der Waals surface area contributed by atoms with E-state index in [4.69, 9.17) is 10.5 Å². The Morgan fingerprint density at radius 2 is 2.14 bits per heavy atom. The molecule has 4 heteroatoms. The van der Waals surface area contributed by atoms with Gasteiger partial charge in [0.15, 0.2) is 0 Å². The van der Waals surface area contributed by atoms with Gasteiger partial charge in [0.05, 0.1) is 18.2 Å². The molecule has 2 rings (SSSR count). The fourth-order valence-electron chi connectivity index (χ4n) is 2.90. The van der Waals surface area contributed by atoms with Gasteiger partial charge in [-0.05, 0) is 31.4 Å². The van der Waals surface area contributed by atoms with Crippen molar-refractivity contribution in [2.45, 2.75) is 37.8 Å². The number of hydrogen-bond acceptors (Lipinski definition) is 4. The van der Waals surface area contributed by atoms with E-state index in [1.807, 2.05) is 30.3 Å². The van der Waals surface area contributed by atoms with Crippen LogP contribution >= 0.6 is 0 Å². The maximum Gasteiger partial charge on any atom is 0.0702 e. The molecule has 0 aliphatic carbocycles. The number of hydrogen-bond donors (Lipinski definition) is 2. The molecule has 0 radical (unpaired) electrons. The highest BCUT2D eigenvalue weighted by atomic mass is 16.5. The molecule has 1 aromatic rings. The number of aliphatic hydroxyl groups excluding tert-OH is 1. The van der Waals surface area contributed by atoms with Gasteiger partial charge in [-0.2, -0.15) is 0 Å². The number of likely N-dealkylation sites (N-methyl/N-ethyl adjacent to an activating group) is 1. The van der Waals surface area contributed by atoms with Crippen LogP contribution in [0.3, 0.4) is 0 Å². The van der Waals surface area contributed by atoms with Crippen molar-refractivity contribution in [1.82, 2.24) is 4.90 Å². The highest BCUT2D eigenvalue weighted by Crippen LogP contribution is 2.22. The Bertz CT molecular complexity index is 407. The fraction of sp³-hybridized carbons (Fsp3) is 0.647. The molecule has 1 fully saturated rings. The van der Waals surface area contributed by atoms with Crippen LogP contribution < -0.4 is 5.73 Å². The molecule has 4 nitrogen and oxygen atoms in total. The minimum Gasteiger partial charge on any atom is -0.394 e. The molecular weight excluding hydrogens is 264 g/mol. The lowest BCUT2D eigenvalue weighted by Gasteiger charge is -2.32. The van der Waals surface area contributed by atoms with Crippen LogP contribution in [0.25, 0.3) is 0 Å². The van der Waals surface area contributed by atoms with Crippen LogP contribution in [0.1, 0.15) is 31.7 Å². The number of nitrogens with zero attached hydrogens (tertiary/aromatic N) is 1. The Labute approximate surface area is 127 Å². The van der Waals surface area contributed by atoms with Gasteiger partial charge in [-0.25, -0.2) is 0 Å². The first-order chi connectivity index (χ1) is 10.2. The van der Waals surface area contributed by atoms with Gasteiger partial charge in [0, 0.05) is 19.7 Å². The Kier molecular flexibility index (Phi) is 6.18. The second-order valence-electron chi connectivity index (χ2n) is 5.96. The largest absolute Gasteiger partial charge is 0.394 e. The van der Waals surface area contributed by atoms with Crippen molar-refractivity contribution >= 4 is 0 Å². The van der Waals surface area contributed by atoms with Crippen molar-refractivity contribution in [3.8, 4) is 0 Å². The molecule has 118 valence electrons. The van der Waals surface area contributed by atoms with Crippen molar-refractivity contribution in [2.24, 2.45) is 5.73 Å². The Balaban J connectivity index is 1.91. The molecule has 3 N–H and O–H groups in total. The minimum absolute atomic E-state index is 0.0332. The van der Waals surface area contributed by atoms with Crippen LogP contribution in [0.4, 0.5) is 0 Å². The second kappa shape index (κ2) is 7.90. The van der Waals surface area contributed by atoms with E-state index in [0.717, 1.165) is 44.6 Å². The monoisotopic (exact) mass is 292 g/mol. The zero-order valence-corrected chi connectivity index (χ0v) is 13.0. The molecule has 21 heavy (non-hydrogen) atoms. The average molecular weight is 292 g/mol. The summed E-state index contributed by atoms with van der Waals surface area (Å²) in [4.78, 5) is 2.37. The highest BCUT2D eigenvalue weighted by molar-refractivity contribution is 5.24. The molecule has 0 amide bonds. The third-order valence-electron chi connectivity index (χ3n) is 4.44. The summed E-state index contributed by atoms with van der Waals surface area (Å²) in [7, 11) is 0. The van der Waals surface area contributed by atoms with Crippen molar-refractivity contribution < 1.29 is 9.84 Å². The summed E-state index contributed by atoms with van der Waals surface area (Å²) in [6.07, 6.45) is 3.43. The molecule has 0 saturated carbocycles. The standard InChI is InChI=1S/C17H28N2O2/c1-2-19(13-16-9-6-12-21-16)11-10-17(18,14-20)15-7-4-3-5-8-15/h3-5,7-8,16,20H,2,6,9-14,18H2,1H3. The quantitative estimate of drug-likeness (QED) is 0.766. The first-order valence-corrected chi connectivity index (χ1v) is 7.97. The maximum atomic E-state index is 9.74. The van der Waals surface area contributed by atoms with Gasteiger partial charge < -0.3 is 20.5 Å². The molecular formula is C17H28N2O2. The van der Waals surface area contributed by atoms with Gasteiger partial charge in [-0.1, -0.05) is 37.3 Å². The summed E-state index contributed by atoms with van der Waals surface area (Å²) in [6, 6.07) is 9.89. The van der Waals surface area contributed by atoms with Gasteiger partial charge in [-0.15, -0.1) is 0 Å². The maximum absolute atomic E-state index is 9.74. The van der Waals surface area contributed by atoms with Crippen LogP contribution in [-0.4, -0.2) is 49.0 Å². The van der Waals surface area contributed by atoms with E-state index in [-0.39, 0.29) is 6.61 Å². The van der Waals surface area contributed by atoms with E-state index in [0.29, 0.717) is 6.10 Å². The molecule has 1 aliphatic rings. The van der Waals surface area contributed by atoms with E-state index >= 15 is 0 Å². The predicted octanol–water partition coefficient (Wildman–Crippen LogP) is 1.72. The molecule has 1 heterocycles. The van der Waals surface area contributed by atoms with Gasteiger partial charge in [0.2, 0.25) is 0 Å². The predicted molar refractivity (Wildman–Crippen MR) is 85.1 cm³/mol. The van der Waals surface area contributed by atoms with Crippen molar-refractivity contribution in [3.63, 3.8) is 0 Å². The molecule has 1 saturated heterocycles. The van der Waals surface area contributed by atoms with Crippen molar-refractivity contribution in [1.29, 1.82) is 0 Å². The number of benzene rings is 1. The summed E-state index contributed by atoms with van der Waals surface area (Å²) in [5.41, 5.74) is 6.76. The van der Waals surface area contributed by atoms with Crippen LogP contribution in [-0.2, 0) is 10.3 Å². The van der Waals surface area contributed by atoms with Crippen LogP contribution in [0.15, 0.2) is 30.3 Å². The molecule has 1 aliphatic heterocycles. The number of nitrogens with two attached hydrogens (primary N) is 1. The minimum atomic E-state index is -0.661. The zero-order chi connectivity index (χ0) is 15.1. The molecule has 0 bridgehead atoms. The van der Waals surface area contributed by atoms with E-state index in [9.17, 15) is 5.11 Å². The molecule has 2 unspecified atom stereocenters. The average Bonchev–Trinajstić information content (AvgIpc) is 3.05. The van der Waals surface area contributed by atoms with Crippen LogP contribution in [0.5, 0.6) is 0 Å². The van der Waals surface area contributed by atoms with Gasteiger partial charge >= 0.3 is 0 Å². The van der Waals surface area contributed by atoms with Crippen molar-refractivity contribution in [3.05, 3.63) is 35.9 Å². The highest BCUT2D eigenvalue weighted by Gasteiger charge is 2.27. The topological polar surface area (TPSA) is 58.7 Å². The van der Waals surface area contributed by atoms with Gasteiger partial charge in [-0.3, -0.25) is 0 Å². The second-order valence-corrected chi connectivity index (χ2v) is 5.96. The third kappa shape index (κ3) is 4.51. The summed E-state index contributed by atoms with van der Waals surface area (Å²) in [5.74, 6) is 0. The van der Waals surface area contributed by atoms with Gasteiger partial charge in [0.1, 0.15) is 0 Å². The Hall–Kier alpha value is -0.940. The molecule has 1 aromatic carbocycles. The van der Waals surface area contributed by atoms with E-state index in [2.05, 4.69) is 11.8 Å². The smallest absolute Gasteiger partial charge is 0.0702 e. The van der Waals surface area contributed by atoms with Gasteiger partial charge in [0.25, 0.3) is 0 Å². The summed E-state index contributed by atoms with van der Waals surface area (Å²) < 4.78 is 5.71. The molecule has 0 spiro atoms. The first-order valence-electron chi connectivity index (χ1n) is 7.97. The number of aliphatic hydroxyl groups is 1. The number of rotatable bonds is 8. The third-order valence-corrected chi connectivity index (χ3v) is 4.44. The normalized spacial score (nSPS) is 21.6. The van der Waals surface area contributed by atoms with E-state index in [1.165, 1.54) is 6.42 Å². The van der Waals surface area contributed by atoms with Crippen LogP contribution in [0.2, 0.25) is 0 Å². The zero-order valence-electron chi connectivity index (χ0n) is 13.0. The lowest BCUT2D eigenvalue weighted by molar-refractivity contribution is 0.0695. The number of ether oxygens (including phenoxy) is 1. The first kappa shape index (κ1) is 16.4. The summed E-state index contributed by atoms with van der Waals surface area (Å²) in [6.45, 7) is 5.85. The van der Waals surface area contributed by atoms with Crippen LogP contribution in [0, 0.1) is 0 Å². The Morgan fingerprint density at radius 1 is 1.38 bits per heavy atom. The lowest BCUT2D eigenvalue weighted by atomic mass is 9.88. The Morgan fingerprint density at radius 3 is 2.71 bits per heavy atom. The lowest BCUT2D eigenvalue weighted by Crippen LogP contribution is -2.44. The summed E-state index contributed by atoms with van der Waals surface area (Å²) in [5, 5.41) is 9.74. The fourth-order valence-corrected chi connectivity index (χ4v) is 2.90.